The summed E-state index contributed by atoms with van der Waals surface area (Å²) in [4.78, 5) is 30.6. The van der Waals surface area contributed by atoms with E-state index in [9.17, 15) is 9.59 Å². The second-order valence-electron chi connectivity index (χ2n) is 6.32. The van der Waals surface area contributed by atoms with E-state index in [4.69, 9.17) is 4.74 Å². The second-order valence-corrected chi connectivity index (χ2v) is 7.18. The van der Waals surface area contributed by atoms with Gasteiger partial charge in [-0.3, -0.25) is 10.1 Å². The Morgan fingerprint density at radius 2 is 1.88 bits per heavy atom. The first-order valence-electron chi connectivity index (χ1n) is 8.50. The van der Waals surface area contributed by atoms with Gasteiger partial charge in [-0.2, -0.15) is 0 Å². The number of carbonyl (C=O) groups is 2. The molecule has 2 unspecified atom stereocenters. The summed E-state index contributed by atoms with van der Waals surface area (Å²) >= 11 is 1.30. The average molecular weight is 374 g/mol. The molecule has 138 valence electrons. The van der Waals surface area contributed by atoms with Gasteiger partial charge in [0, 0.05) is 24.2 Å². The number of para-hydroxylation sites is 1. The Balaban J connectivity index is 1.52. The van der Waals surface area contributed by atoms with E-state index in [1.54, 1.807) is 17.5 Å². The minimum absolute atomic E-state index is 0.0255. The van der Waals surface area contributed by atoms with Gasteiger partial charge in [-0.25, -0.2) is 9.78 Å². The zero-order chi connectivity index (χ0) is 18.5. The highest BCUT2D eigenvalue weighted by molar-refractivity contribution is 7.14. The number of aromatic nitrogens is 1. The molecule has 2 atom stereocenters. The molecule has 3 amide bonds. The fourth-order valence-corrected chi connectivity index (χ4v) is 3.58. The summed E-state index contributed by atoms with van der Waals surface area (Å²) < 4.78 is 5.65. The molecule has 1 fully saturated rings. The lowest BCUT2D eigenvalue weighted by atomic mass is 10.2. The Morgan fingerprint density at radius 1 is 1.19 bits per heavy atom. The van der Waals surface area contributed by atoms with Gasteiger partial charge in [0.25, 0.3) is 0 Å². The molecule has 26 heavy (non-hydrogen) atoms. The molecule has 3 rings (SSSR count). The van der Waals surface area contributed by atoms with Crippen LogP contribution in [-0.4, -0.2) is 47.1 Å². The number of amides is 3. The average Bonchev–Trinajstić information content (AvgIpc) is 3.01. The van der Waals surface area contributed by atoms with Crippen LogP contribution in [0.3, 0.4) is 0 Å². The quantitative estimate of drug-likeness (QED) is 0.862. The Labute approximate surface area is 156 Å². The van der Waals surface area contributed by atoms with Crippen molar-refractivity contribution in [1.29, 1.82) is 0 Å². The van der Waals surface area contributed by atoms with E-state index in [0.717, 1.165) is 0 Å². The first-order valence-corrected chi connectivity index (χ1v) is 9.38. The molecule has 1 aliphatic rings. The summed E-state index contributed by atoms with van der Waals surface area (Å²) in [6.07, 6.45) is 0.298. The van der Waals surface area contributed by atoms with Crippen LogP contribution in [0, 0.1) is 0 Å². The number of nitrogens with zero attached hydrogens (tertiary/aromatic N) is 2. The molecule has 1 aromatic carbocycles. The number of urea groups is 1. The maximum Gasteiger partial charge on any atom is 0.325 e. The number of benzene rings is 1. The molecule has 0 spiro atoms. The van der Waals surface area contributed by atoms with Crippen LogP contribution >= 0.6 is 11.3 Å². The van der Waals surface area contributed by atoms with E-state index >= 15 is 0 Å². The lowest BCUT2D eigenvalue weighted by Gasteiger charge is -2.35. The molecule has 0 bridgehead atoms. The third-order valence-electron chi connectivity index (χ3n) is 3.91. The SMILES string of the molecule is CC1CN(C(=O)Cc2csc(NC(=O)Nc3ccccc3)n2)CC(C)O1. The second kappa shape index (κ2) is 8.29. The molecule has 2 heterocycles. The fraction of sp³-hybridized carbons (Fsp3) is 0.389. The number of ether oxygens (including phenoxy) is 1. The number of thiazole rings is 1. The number of hydrogen-bond donors (Lipinski definition) is 2. The van der Waals surface area contributed by atoms with Crippen molar-refractivity contribution in [2.75, 3.05) is 23.7 Å². The largest absolute Gasteiger partial charge is 0.372 e. The van der Waals surface area contributed by atoms with Crippen LogP contribution in [0.2, 0.25) is 0 Å². The van der Waals surface area contributed by atoms with Crippen LogP contribution < -0.4 is 10.6 Å². The number of morpholine rings is 1. The van der Waals surface area contributed by atoms with Crippen LogP contribution in [0.1, 0.15) is 19.5 Å². The van der Waals surface area contributed by atoms with E-state index in [2.05, 4.69) is 15.6 Å². The molecule has 1 aliphatic heterocycles. The van der Waals surface area contributed by atoms with Crippen LogP contribution in [0.5, 0.6) is 0 Å². The van der Waals surface area contributed by atoms with Gasteiger partial charge >= 0.3 is 6.03 Å². The van der Waals surface area contributed by atoms with Crippen molar-refractivity contribution in [3.63, 3.8) is 0 Å². The van der Waals surface area contributed by atoms with Gasteiger partial charge in [-0.05, 0) is 26.0 Å². The van der Waals surface area contributed by atoms with Crippen molar-refractivity contribution in [1.82, 2.24) is 9.88 Å². The van der Waals surface area contributed by atoms with Gasteiger partial charge in [0.2, 0.25) is 5.91 Å². The normalized spacial score (nSPS) is 19.8. The molecule has 7 nitrogen and oxygen atoms in total. The highest BCUT2D eigenvalue weighted by Crippen LogP contribution is 2.18. The van der Waals surface area contributed by atoms with Gasteiger partial charge in [0.05, 0.1) is 24.3 Å². The summed E-state index contributed by atoms with van der Waals surface area (Å²) in [5.41, 5.74) is 1.36. The van der Waals surface area contributed by atoms with Crippen LogP contribution in [0.4, 0.5) is 15.6 Å². The van der Waals surface area contributed by atoms with Crippen molar-refractivity contribution in [2.24, 2.45) is 0 Å². The van der Waals surface area contributed by atoms with Crippen LogP contribution in [-0.2, 0) is 16.0 Å². The Hall–Kier alpha value is -2.45. The van der Waals surface area contributed by atoms with Gasteiger partial charge in [0.15, 0.2) is 5.13 Å². The molecule has 0 radical (unpaired) electrons. The molecule has 0 saturated carbocycles. The molecule has 2 N–H and O–H groups in total. The molecule has 1 aromatic heterocycles. The molecular formula is C18H22N4O3S. The molecule has 0 aliphatic carbocycles. The first-order chi connectivity index (χ1) is 12.5. The monoisotopic (exact) mass is 374 g/mol. The number of carbonyl (C=O) groups excluding carboxylic acids is 2. The van der Waals surface area contributed by atoms with E-state index in [-0.39, 0.29) is 30.6 Å². The van der Waals surface area contributed by atoms with Crippen molar-refractivity contribution in [3.05, 3.63) is 41.4 Å². The van der Waals surface area contributed by atoms with Gasteiger partial charge in [-0.15, -0.1) is 11.3 Å². The maximum absolute atomic E-state index is 12.5. The number of nitrogens with one attached hydrogen (secondary N) is 2. The Morgan fingerprint density at radius 3 is 2.58 bits per heavy atom. The third kappa shape index (κ3) is 5.03. The predicted octanol–water partition coefficient (Wildman–Crippen LogP) is 2.97. The fourth-order valence-electron chi connectivity index (χ4n) is 2.87. The smallest absolute Gasteiger partial charge is 0.325 e. The Bertz CT molecular complexity index is 755. The van der Waals surface area contributed by atoms with Gasteiger partial charge in [-0.1, -0.05) is 18.2 Å². The maximum atomic E-state index is 12.5. The standard InChI is InChI=1S/C18H22N4O3S/c1-12-9-22(10-13(2)25-12)16(23)8-15-11-26-18(20-15)21-17(24)19-14-6-4-3-5-7-14/h3-7,11-13H,8-10H2,1-2H3,(H2,19,20,21,24). The van der Waals surface area contributed by atoms with Crippen LogP contribution in [0.25, 0.3) is 0 Å². The van der Waals surface area contributed by atoms with Gasteiger partial charge in [0.1, 0.15) is 0 Å². The summed E-state index contributed by atoms with van der Waals surface area (Å²) in [6, 6.07) is 8.81. The van der Waals surface area contributed by atoms with Crippen molar-refractivity contribution < 1.29 is 14.3 Å². The number of hydrogen-bond acceptors (Lipinski definition) is 5. The van der Waals surface area contributed by atoms with E-state index in [0.29, 0.717) is 29.6 Å². The topological polar surface area (TPSA) is 83.6 Å². The molecular weight excluding hydrogens is 352 g/mol. The number of rotatable bonds is 4. The first kappa shape index (κ1) is 18.3. The van der Waals surface area contributed by atoms with Gasteiger partial charge < -0.3 is 15.0 Å². The zero-order valence-electron chi connectivity index (χ0n) is 14.8. The molecule has 2 aromatic rings. The van der Waals surface area contributed by atoms with E-state index in [1.165, 1.54) is 11.3 Å². The van der Waals surface area contributed by atoms with Crippen LogP contribution in [0.15, 0.2) is 35.7 Å². The highest BCUT2D eigenvalue weighted by Gasteiger charge is 2.26. The third-order valence-corrected chi connectivity index (χ3v) is 4.72. The van der Waals surface area contributed by atoms with E-state index < -0.39 is 0 Å². The summed E-state index contributed by atoms with van der Waals surface area (Å²) in [5.74, 6) is 0.0255. The molecule has 1 saturated heterocycles. The predicted molar refractivity (Wildman–Crippen MR) is 101 cm³/mol. The van der Waals surface area contributed by atoms with Crippen molar-refractivity contribution >= 4 is 34.1 Å². The lowest BCUT2D eigenvalue weighted by Crippen LogP contribution is -2.48. The lowest BCUT2D eigenvalue weighted by molar-refractivity contribution is -0.142. The minimum atomic E-state index is -0.362. The zero-order valence-corrected chi connectivity index (χ0v) is 15.6. The minimum Gasteiger partial charge on any atom is -0.372 e. The van der Waals surface area contributed by atoms with E-state index in [1.807, 2.05) is 36.9 Å². The summed E-state index contributed by atoms with van der Waals surface area (Å²) in [5, 5.41) is 7.68. The van der Waals surface area contributed by atoms with Crippen molar-refractivity contribution in [3.8, 4) is 0 Å². The molecule has 8 heteroatoms. The summed E-state index contributed by atoms with van der Waals surface area (Å²) in [6.45, 7) is 5.12. The van der Waals surface area contributed by atoms with Crippen molar-refractivity contribution in [2.45, 2.75) is 32.5 Å². The highest BCUT2D eigenvalue weighted by atomic mass is 32.1. The summed E-state index contributed by atoms with van der Waals surface area (Å²) in [7, 11) is 0. The number of anilines is 2. The Kier molecular flexibility index (Phi) is 5.85.